The van der Waals surface area contributed by atoms with Gasteiger partial charge in [0.15, 0.2) is 0 Å². The highest BCUT2D eigenvalue weighted by Gasteiger charge is 2.07. The van der Waals surface area contributed by atoms with Crippen molar-refractivity contribution in [2.24, 2.45) is 0 Å². The molecule has 110 valence electrons. The van der Waals surface area contributed by atoms with Crippen LogP contribution >= 0.6 is 11.8 Å². The Hall–Kier alpha value is -1.88. The van der Waals surface area contributed by atoms with Crippen molar-refractivity contribution in [2.45, 2.75) is 18.2 Å². The molecule has 0 heterocycles. The molecule has 0 aliphatic rings. The van der Waals surface area contributed by atoms with E-state index in [0.29, 0.717) is 5.75 Å². The van der Waals surface area contributed by atoms with Crippen LogP contribution in [0.15, 0.2) is 47.4 Å². The number of benzene rings is 2. The molecule has 2 aromatic rings. The Labute approximate surface area is 126 Å². The van der Waals surface area contributed by atoms with Crippen LogP contribution < -0.4 is 5.32 Å². The molecule has 0 aliphatic carbocycles. The molecule has 0 fully saturated rings. The van der Waals surface area contributed by atoms with Gasteiger partial charge in [-0.15, -0.1) is 11.8 Å². The quantitative estimate of drug-likeness (QED) is 0.830. The van der Waals surface area contributed by atoms with Gasteiger partial charge in [0.2, 0.25) is 5.91 Å². The summed E-state index contributed by atoms with van der Waals surface area (Å²) in [5, 5.41) is 2.56. The molecular formula is C16H15F2NOS. The summed E-state index contributed by atoms with van der Waals surface area (Å²) >= 11 is 1.45. The summed E-state index contributed by atoms with van der Waals surface area (Å²) in [6, 6.07) is 10.7. The number of nitrogens with one attached hydrogen (secondary N) is 1. The highest BCUT2D eigenvalue weighted by Crippen LogP contribution is 2.20. The minimum absolute atomic E-state index is 0.201. The van der Waals surface area contributed by atoms with Crippen LogP contribution in [0.25, 0.3) is 0 Å². The minimum Gasteiger partial charge on any atom is -0.324 e. The summed E-state index contributed by atoms with van der Waals surface area (Å²) in [6.07, 6.45) is 0.259. The average molecular weight is 307 g/mol. The maximum absolute atomic E-state index is 13.5. The van der Waals surface area contributed by atoms with E-state index >= 15 is 0 Å². The van der Waals surface area contributed by atoms with Crippen LogP contribution in [0.1, 0.15) is 12.0 Å². The number of anilines is 1. The molecule has 21 heavy (non-hydrogen) atoms. The van der Waals surface area contributed by atoms with Gasteiger partial charge in [0.05, 0.1) is 5.69 Å². The number of amides is 1. The first-order valence-corrected chi connectivity index (χ1v) is 7.47. The normalized spacial score (nSPS) is 10.4. The van der Waals surface area contributed by atoms with Crippen molar-refractivity contribution >= 4 is 23.4 Å². The fourth-order valence-electron chi connectivity index (χ4n) is 1.74. The Bertz CT molecular complexity index is 629. The third kappa shape index (κ3) is 4.86. The molecule has 0 radical (unpaired) electrons. The molecule has 0 unspecified atom stereocenters. The lowest BCUT2D eigenvalue weighted by Crippen LogP contribution is -2.13. The van der Waals surface area contributed by atoms with Crippen LogP contribution in [0, 0.1) is 18.6 Å². The summed E-state index contributed by atoms with van der Waals surface area (Å²) in [5.41, 5.74) is 1.08. The van der Waals surface area contributed by atoms with Crippen LogP contribution in [0.4, 0.5) is 14.5 Å². The van der Waals surface area contributed by atoms with Crippen molar-refractivity contribution in [3.05, 3.63) is 59.7 Å². The number of aryl methyl sites for hydroxylation is 1. The van der Waals surface area contributed by atoms with Crippen molar-refractivity contribution in [3.8, 4) is 0 Å². The number of carbonyl (C=O) groups excluding carboxylic acids is 1. The number of rotatable bonds is 5. The fourth-order valence-corrected chi connectivity index (χ4v) is 2.59. The first-order valence-electron chi connectivity index (χ1n) is 6.49. The van der Waals surface area contributed by atoms with Crippen LogP contribution in [0.5, 0.6) is 0 Å². The number of carbonyl (C=O) groups is 1. The third-order valence-corrected chi connectivity index (χ3v) is 3.82. The van der Waals surface area contributed by atoms with E-state index in [9.17, 15) is 13.6 Å². The molecule has 2 nitrogen and oxygen atoms in total. The molecule has 0 bridgehead atoms. The van der Waals surface area contributed by atoms with E-state index in [0.717, 1.165) is 10.5 Å². The van der Waals surface area contributed by atoms with E-state index in [1.165, 1.54) is 30.0 Å². The van der Waals surface area contributed by atoms with Gasteiger partial charge in [-0.25, -0.2) is 8.78 Å². The summed E-state index contributed by atoms with van der Waals surface area (Å²) < 4.78 is 26.2. The van der Waals surface area contributed by atoms with Crippen LogP contribution in [0.3, 0.4) is 0 Å². The largest absolute Gasteiger partial charge is 0.324 e. The number of halogens is 2. The molecule has 2 rings (SSSR count). The maximum atomic E-state index is 13.5. The van der Waals surface area contributed by atoms with Gasteiger partial charge in [-0.2, -0.15) is 0 Å². The van der Waals surface area contributed by atoms with Crippen molar-refractivity contribution < 1.29 is 13.6 Å². The SMILES string of the molecule is Cc1ccc(F)c(NC(=O)CCSc2ccc(F)cc2)c1. The van der Waals surface area contributed by atoms with Gasteiger partial charge in [-0.3, -0.25) is 4.79 Å². The molecule has 0 saturated heterocycles. The van der Waals surface area contributed by atoms with E-state index in [1.807, 2.05) is 6.92 Å². The Morgan fingerprint density at radius 1 is 1.14 bits per heavy atom. The van der Waals surface area contributed by atoms with E-state index in [-0.39, 0.29) is 23.8 Å². The Morgan fingerprint density at radius 3 is 2.57 bits per heavy atom. The molecule has 2 aromatic carbocycles. The van der Waals surface area contributed by atoms with Gasteiger partial charge < -0.3 is 5.32 Å². The van der Waals surface area contributed by atoms with Crippen molar-refractivity contribution in [2.75, 3.05) is 11.1 Å². The second kappa shape index (κ2) is 7.22. The van der Waals surface area contributed by atoms with E-state index in [4.69, 9.17) is 0 Å². The summed E-state index contributed by atoms with van der Waals surface area (Å²) in [5.74, 6) is -0.425. The van der Waals surface area contributed by atoms with E-state index in [2.05, 4.69) is 5.32 Å². The van der Waals surface area contributed by atoms with Crippen molar-refractivity contribution in [1.29, 1.82) is 0 Å². The topological polar surface area (TPSA) is 29.1 Å². The van der Waals surface area contributed by atoms with Crippen LogP contribution in [-0.4, -0.2) is 11.7 Å². The van der Waals surface area contributed by atoms with Gasteiger partial charge in [-0.1, -0.05) is 6.07 Å². The minimum atomic E-state index is -0.444. The predicted molar refractivity (Wildman–Crippen MR) is 81.5 cm³/mol. The zero-order chi connectivity index (χ0) is 15.2. The molecular weight excluding hydrogens is 292 g/mol. The molecule has 0 aliphatic heterocycles. The Balaban J connectivity index is 1.82. The zero-order valence-electron chi connectivity index (χ0n) is 11.5. The summed E-state index contributed by atoms with van der Waals surface area (Å²) in [4.78, 5) is 12.7. The van der Waals surface area contributed by atoms with Crippen LogP contribution in [-0.2, 0) is 4.79 Å². The van der Waals surface area contributed by atoms with Gasteiger partial charge in [-0.05, 0) is 48.9 Å². The molecule has 1 amide bonds. The number of hydrogen-bond donors (Lipinski definition) is 1. The molecule has 0 spiro atoms. The molecule has 5 heteroatoms. The van der Waals surface area contributed by atoms with Gasteiger partial charge in [0.25, 0.3) is 0 Å². The lowest BCUT2D eigenvalue weighted by atomic mass is 10.2. The monoisotopic (exact) mass is 307 g/mol. The second-order valence-corrected chi connectivity index (χ2v) is 5.75. The lowest BCUT2D eigenvalue weighted by Gasteiger charge is -2.07. The standard InChI is InChI=1S/C16H15F2NOS/c1-11-2-7-14(18)15(10-11)19-16(20)8-9-21-13-5-3-12(17)4-6-13/h2-7,10H,8-9H2,1H3,(H,19,20). The highest BCUT2D eigenvalue weighted by molar-refractivity contribution is 7.99. The first kappa shape index (κ1) is 15.5. The summed E-state index contributed by atoms with van der Waals surface area (Å²) in [7, 11) is 0. The van der Waals surface area contributed by atoms with E-state index in [1.54, 1.807) is 24.3 Å². The zero-order valence-corrected chi connectivity index (χ0v) is 12.3. The Kier molecular flexibility index (Phi) is 5.33. The number of hydrogen-bond acceptors (Lipinski definition) is 2. The van der Waals surface area contributed by atoms with E-state index < -0.39 is 5.82 Å². The second-order valence-electron chi connectivity index (χ2n) is 4.58. The number of thioether (sulfide) groups is 1. The van der Waals surface area contributed by atoms with Gasteiger partial charge in [0.1, 0.15) is 11.6 Å². The molecule has 0 saturated carbocycles. The first-order chi connectivity index (χ1) is 10.0. The van der Waals surface area contributed by atoms with Crippen molar-refractivity contribution in [3.63, 3.8) is 0 Å². The third-order valence-electron chi connectivity index (χ3n) is 2.81. The highest BCUT2D eigenvalue weighted by atomic mass is 32.2. The smallest absolute Gasteiger partial charge is 0.225 e. The molecule has 0 atom stereocenters. The van der Waals surface area contributed by atoms with Crippen molar-refractivity contribution in [1.82, 2.24) is 0 Å². The van der Waals surface area contributed by atoms with Gasteiger partial charge in [0, 0.05) is 17.1 Å². The fraction of sp³-hybridized carbons (Fsp3) is 0.188. The predicted octanol–water partition coefficient (Wildman–Crippen LogP) is 4.39. The molecule has 1 N–H and O–H groups in total. The summed E-state index contributed by atoms with van der Waals surface area (Å²) in [6.45, 7) is 1.83. The lowest BCUT2D eigenvalue weighted by molar-refractivity contribution is -0.115. The molecule has 0 aromatic heterocycles. The Morgan fingerprint density at radius 2 is 1.86 bits per heavy atom. The maximum Gasteiger partial charge on any atom is 0.225 e. The van der Waals surface area contributed by atoms with Crippen LogP contribution in [0.2, 0.25) is 0 Å². The average Bonchev–Trinajstić information content (AvgIpc) is 2.45. The van der Waals surface area contributed by atoms with Gasteiger partial charge >= 0.3 is 0 Å².